The minimum absolute atomic E-state index is 0.0635. The zero-order valence-corrected chi connectivity index (χ0v) is 24.0. The highest BCUT2D eigenvalue weighted by Crippen LogP contribution is 2.37. The SMILES string of the molecule is CNC(=O)CNC(=O)C1CN(C(=O)c2csc(CN(C)S(=O)(=O)c3ccc(Cl)cc3)c2Cl)c2ccccc2O1. The summed E-state index contributed by atoms with van der Waals surface area (Å²) in [5.74, 6) is -1.10. The lowest BCUT2D eigenvalue weighted by atomic mass is 10.1. The summed E-state index contributed by atoms with van der Waals surface area (Å²) in [6.45, 7) is -0.426. The van der Waals surface area contributed by atoms with E-state index in [1.807, 2.05) is 0 Å². The van der Waals surface area contributed by atoms with Crippen molar-refractivity contribution < 1.29 is 27.5 Å². The first-order valence-corrected chi connectivity index (χ1v) is 14.6. The average Bonchev–Trinajstić information content (AvgIpc) is 3.30. The van der Waals surface area contributed by atoms with Gasteiger partial charge in [-0.1, -0.05) is 35.3 Å². The molecule has 1 aliphatic rings. The number of amides is 3. The van der Waals surface area contributed by atoms with Gasteiger partial charge in [-0.05, 0) is 36.4 Å². The monoisotopic (exact) mass is 610 g/mol. The molecule has 0 fully saturated rings. The van der Waals surface area contributed by atoms with Gasteiger partial charge >= 0.3 is 0 Å². The van der Waals surface area contributed by atoms with Crippen LogP contribution >= 0.6 is 34.5 Å². The van der Waals surface area contributed by atoms with Gasteiger partial charge in [-0.25, -0.2) is 8.42 Å². The molecular weight excluding hydrogens is 587 g/mol. The topological polar surface area (TPSA) is 125 Å². The maximum absolute atomic E-state index is 13.7. The number of nitrogens with zero attached hydrogens (tertiary/aromatic N) is 2. The normalized spacial score (nSPS) is 14.9. The Morgan fingerprint density at radius 1 is 1.13 bits per heavy atom. The molecule has 14 heteroatoms. The molecule has 0 aliphatic carbocycles. The molecule has 10 nitrogen and oxygen atoms in total. The summed E-state index contributed by atoms with van der Waals surface area (Å²) in [6, 6.07) is 12.6. The fourth-order valence-electron chi connectivity index (χ4n) is 3.79. The fourth-order valence-corrected chi connectivity index (χ4v) is 6.49. The van der Waals surface area contributed by atoms with Crippen molar-refractivity contribution in [1.29, 1.82) is 0 Å². The molecule has 2 N–H and O–H groups in total. The van der Waals surface area contributed by atoms with E-state index in [0.29, 0.717) is 21.3 Å². The maximum atomic E-state index is 13.7. The van der Waals surface area contributed by atoms with Crippen LogP contribution in [0.1, 0.15) is 15.2 Å². The molecule has 3 aromatic rings. The molecule has 1 aromatic heterocycles. The number of fused-ring (bicyclic) bond motifs is 1. The molecule has 0 radical (unpaired) electrons. The van der Waals surface area contributed by atoms with Gasteiger partial charge in [0.1, 0.15) is 5.75 Å². The van der Waals surface area contributed by atoms with Gasteiger partial charge in [0, 0.05) is 35.9 Å². The predicted octanol–water partition coefficient (Wildman–Crippen LogP) is 3.15. The third-order valence-electron chi connectivity index (χ3n) is 5.93. The van der Waals surface area contributed by atoms with E-state index in [0.717, 1.165) is 15.6 Å². The number of carbonyl (C=O) groups excluding carboxylic acids is 3. The Hall–Kier alpha value is -3.16. The number of rotatable bonds is 8. The van der Waals surface area contributed by atoms with Crippen molar-refractivity contribution in [3.63, 3.8) is 0 Å². The lowest BCUT2D eigenvalue weighted by Gasteiger charge is -2.34. The quantitative estimate of drug-likeness (QED) is 0.404. The van der Waals surface area contributed by atoms with E-state index >= 15 is 0 Å². The highest BCUT2D eigenvalue weighted by molar-refractivity contribution is 7.89. The first kappa shape index (κ1) is 28.8. The van der Waals surface area contributed by atoms with Crippen LogP contribution in [0.15, 0.2) is 58.8 Å². The molecule has 1 aliphatic heterocycles. The zero-order chi connectivity index (χ0) is 28.3. The van der Waals surface area contributed by atoms with Crippen molar-refractivity contribution in [3.05, 3.63) is 74.4 Å². The summed E-state index contributed by atoms with van der Waals surface area (Å²) in [6.07, 6.45) is -1.07. The van der Waals surface area contributed by atoms with Crippen molar-refractivity contribution in [2.75, 3.05) is 32.1 Å². The van der Waals surface area contributed by atoms with Crippen molar-refractivity contribution in [3.8, 4) is 5.75 Å². The minimum atomic E-state index is -3.83. The zero-order valence-electron chi connectivity index (χ0n) is 20.8. The van der Waals surface area contributed by atoms with Gasteiger partial charge in [-0.2, -0.15) is 4.31 Å². The first-order valence-electron chi connectivity index (χ1n) is 11.6. The van der Waals surface area contributed by atoms with Crippen LogP contribution in [0.5, 0.6) is 5.75 Å². The highest BCUT2D eigenvalue weighted by Gasteiger charge is 2.35. The summed E-state index contributed by atoms with van der Waals surface area (Å²) >= 11 is 13.6. The Labute approximate surface area is 239 Å². The molecule has 1 unspecified atom stereocenters. The molecule has 0 spiro atoms. The summed E-state index contributed by atoms with van der Waals surface area (Å²) in [4.78, 5) is 39.8. The van der Waals surface area contributed by atoms with Gasteiger partial charge in [0.2, 0.25) is 15.9 Å². The molecule has 0 bridgehead atoms. The molecule has 2 heterocycles. The van der Waals surface area contributed by atoms with E-state index in [1.165, 1.54) is 43.3 Å². The molecular formula is C25H24Cl2N4O6S2. The Morgan fingerprint density at radius 3 is 2.51 bits per heavy atom. The highest BCUT2D eigenvalue weighted by atomic mass is 35.5. The van der Waals surface area contributed by atoms with Crippen molar-refractivity contribution in [2.45, 2.75) is 17.5 Å². The predicted molar refractivity (Wildman–Crippen MR) is 149 cm³/mol. The van der Waals surface area contributed by atoms with E-state index in [9.17, 15) is 22.8 Å². The Bertz CT molecular complexity index is 1510. The number of likely N-dealkylation sites (N-methyl/N-ethyl adjacent to an activating group) is 1. The lowest BCUT2D eigenvalue weighted by molar-refractivity contribution is -0.130. The van der Waals surface area contributed by atoms with Crippen LogP contribution in [0.3, 0.4) is 0 Å². The Morgan fingerprint density at radius 2 is 1.82 bits per heavy atom. The Balaban J connectivity index is 1.55. The molecule has 4 rings (SSSR count). The molecule has 39 heavy (non-hydrogen) atoms. The number of benzene rings is 2. The molecule has 0 saturated heterocycles. The van der Waals surface area contributed by atoms with Crippen LogP contribution in [0, 0.1) is 0 Å². The number of carbonyl (C=O) groups is 3. The second-order valence-corrected chi connectivity index (χ2v) is 12.3. The van der Waals surface area contributed by atoms with E-state index < -0.39 is 27.9 Å². The summed E-state index contributed by atoms with van der Waals surface area (Å²) < 4.78 is 32.9. The minimum Gasteiger partial charge on any atom is -0.477 e. The lowest BCUT2D eigenvalue weighted by Crippen LogP contribution is -2.52. The number of hydrogen-bond donors (Lipinski definition) is 2. The third-order valence-corrected chi connectivity index (χ3v) is 9.52. The summed E-state index contributed by atoms with van der Waals surface area (Å²) in [5.41, 5.74) is 0.610. The maximum Gasteiger partial charge on any atom is 0.263 e. The smallest absolute Gasteiger partial charge is 0.263 e. The number of anilines is 1. The summed E-state index contributed by atoms with van der Waals surface area (Å²) in [5, 5.41) is 6.99. The van der Waals surface area contributed by atoms with E-state index in [1.54, 1.807) is 29.6 Å². The van der Waals surface area contributed by atoms with Gasteiger partial charge in [-0.15, -0.1) is 11.3 Å². The summed E-state index contributed by atoms with van der Waals surface area (Å²) in [7, 11) is -0.966. The second-order valence-electron chi connectivity index (χ2n) is 8.48. The number of sulfonamides is 1. The van der Waals surface area contributed by atoms with Crippen molar-refractivity contribution in [2.24, 2.45) is 0 Å². The van der Waals surface area contributed by atoms with Crippen LogP contribution < -0.4 is 20.3 Å². The van der Waals surface area contributed by atoms with Crippen LogP contribution in [0.2, 0.25) is 10.0 Å². The number of hydrogen-bond acceptors (Lipinski definition) is 7. The molecule has 0 saturated carbocycles. The standard InChI is InChI=1S/C25H24Cl2N4O6S2/c1-28-22(32)11-29-24(33)20-12-31(18-5-3-4-6-19(18)37-20)25(34)17-14-38-21(23(17)27)13-30(2)39(35,36)16-9-7-15(26)8-10-16/h3-10,14,20H,11-13H2,1-2H3,(H,28,32)(H,29,33). The Kier molecular flexibility index (Phi) is 8.82. The number of para-hydroxylation sites is 2. The molecule has 206 valence electrons. The molecule has 2 aromatic carbocycles. The third kappa shape index (κ3) is 6.20. The van der Waals surface area contributed by atoms with Gasteiger partial charge < -0.3 is 20.3 Å². The van der Waals surface area contributed by atoms with E-state index in [4.69, 9.17) is 27.9 Å². The van der Waals surface area contributed by atoms with Crippen LogP contribution in [-0.2, 0) is 26.2 Å². The number of ether oxygens (including phenoxy) is 1. The average molecular weight is 612 g/mol. The second kappa shape index (κ2) is 11.9. The first-order chi connectivity index (χ1) is 18.5. The van der Waals surface area contributed by atoms with Crippen LogP contribution in [-0.4, -0.2) is 63.7 Å². The van der Waals surface area contributed by atoms with E-state index in [-0.39, 0.29) is 41.0 Å². The van der Waals surface area contributed by atoms with Gasteiger partial charge in [0.25, 0.3) is 11.8 Å². The number of nitrogens with one attached hydrogen (secondary N) is 2. The number of halogens is 2. The van der Waals surface area contributed by atoms with Gasteiger partial charge in [-0.3, -0.25) is 14.4 Å². The molecule has 3 amide bonds. The molecule has 1 atom stereocenters. The van der Waals surface area contributed by atoms with E-state index in [2.05, 4.69) is 10.6 Å². The van der Waals surface area contributed by atoms with Gasteiger partial charge in [0.15, 0.2) is 6.10 Å². The van der Waals surface area contributed by atoms with Crippen LogP contribution in [0.25, 0.3) is 0 Å². The van der Waals surface area contributed by atoms with Gasteiger partial charge in [0.05, 0.1) is 34.3 Å². The van der Waals surface area contributed by atoms with Crippen LogP contribution in [0.4, 0.5) is 5.69 Å². The van der Waals surface area contributed by atoms with Crippen molar-refractivity contribution in [1.82, 2.24) is 14.9 Å². The largest absolute Gasteiger partial charge is 0.477 e. The number of thiophene rings is 1. The fraction of sp³-hybridized carbons (Fsp3) is 0.240. The van der Waals surface area contributed by atoms with Crippen molar-refractivity contribution >= 4 is 68.0 Å².